The van der Waals surface area contributed by atoms with E-state index >= 15 is 0 Å². The SMILES string of the molecule is N#Cc1ccc(-c2ccc(C=Nc3ccc(C45CC6CC(CC(C6)C4)C5)cc3)o2)cc1. The minimum Gasteiger partial charge on any atom is -0.455 e. The van der Waals surface area contributed by atoms with Gasteiger partial charge < -0.3 is 4.42 Å². The molecule has 0 saturated heterocycles. The summed E-state index contributed by atoms with van der Waals surface area (Å²) in [5, 5.41) is 8.94. The first-order valence-electron chi connectivity index (χ1n) is 11.4. The van der Waals surface area contributed by atoms with Crippen LogP contribution in [-0.4, -0.2) is 6.21 Å². The minimum atomic E-state index is 0.438. The summed E-state index contributed by atoms with van der Waals surface area (Å²) in [5.74, 6) is 4.40. The van der Waals surface area contributed by atoms with Crippen molar-refractivity contribution in [2.75, 3.05) is 0 Å². The Hall–Kier alpha value is -3.12. The van der Waals surface area contributed by atoms with Gasteiger partial charge >= 0.3 is 0 Å². The maximum atomic E-state index is 8.94. The molecule has 1 aromatic heterocycles. The molecule has 4 aliphatic carbocycles. The Kier molecular flexibility index (Phi) is 4.35. The number of nitriles is 1. The average molecular weight is 407 g/mol. The van der Waals surface area contributed by atoms with Crippen LogP contribution in [0.15, 0.2) is 70.1 Å². The topological polar surface area (TPSA) is 49.3 Å². The van der Waals surface area contributed by atoms with Crippen molar-refractivity contribution in [2.45, 2.75) is 43.9 Å². The van der Waals surface area contributed by atoms with Crippen molar-refractivity contribution in [1.82, 2.24) is 0 Å². The van der Waals surface area contributed by atoms with E-state index in [0.717, 1.165) is 40.5 Å². The third-order valence-electron chi connectivity index (χ3n) is 7.78. The second kappa shape index (κ2) is 7.24. The first-order chi connectivity index (χ1) is 15.2. The van der Waals surface area contributed by atoms with Gasteiger partial charge in [-0.25, -0.2) is 0 Å². The third kappa shape index (κ3) is 3.41. The van der Waals surface area contributed by atoms with E-state index in [4.69, 9.17) is 9.68 Å². The summed E-state index contributed by atoms with van der Waals surface area (Å²) in [6.07, 6.45) is 10.4. The van der Waals surface area contributed by atoms with Gasteiger partial charge in [0.1, 0.15) is 11.5 Å². The molecule has 4 fully saturated rings. The molecule has 4 aliphatic rings. The van der Waals surface area contributed by atoms with Crippen molar-refractivity contribution in [3.8, 4) is 17.4 Å². The van der Waals surface area contributed by atoms with E-state index in [1.807, 2.05) is 24.3 Å². The molecule has 0 aliphatic heterocycles. The molecule has 0 unspecified atom stereocenters. The van der Waals surface area contributed by atoms with E-state index in [-0.39, 0.29) is 0 Å². The zero-order chi connectivity index (χ0) is 20.8. The molecule has 0 N–H and O–H groups in total. The number of benzene rings is 2. The van der Waals surface area contributed by atoms with Crippen LogP contribution < -0.4 is 0 Å². The predicted molar refractivity (Wildman–Crippen MR) is 122 cm³/mol. The maximum Gasteiger partial charge on any atom is 0.145 e. The molecular formula is C28H26N2O. The molecule has 0 amide bonds. The van der Waals surface area contributed by atoms with Gasteiger partial charge in [0.25, 0.3) is 0 Å². The van der Waals surface area contributed by atoms with Crippen LogP contribution in [0.4, 0.5) is 5.69 Å². The van der Waals surface area contributed by atoms with Crippen LogP contribution in [0.25, 0.3) is 11.3 Å². The highest BCUT2D eigenvalue weighted by molar-refractivity contribution is 5.80. The van der Waals surface area contributed by atoms with Crippen LogP contribution in [0.2, 0.25) is 0 Å². The molecule has 0 radical (unpaired) electrons. The highest BCUT2D eigenvalue weighted by atomic mass is 16.3. The van der Waals surface area contributed by atoms with Crippen molar-refractivity contribution in [3.05, 3.63) is 77.6 Å². The Morgan fingerprint density at radius 3 is 2.10 bits per heavy atom. The molecule has 4 saturated carbocycles. The molecule has 31 heavy (non-hydrogen) atoms. The van der Waals surface area contributed by atoms with Gasteiger partial charge in [-0.3, -0.25) is 4.99 Å². The lowest BCUT2D eigenvalue weighted by Gasteiger charge is -2.57. The van der Waals surface area contributed by atoms with Crippen LogP contribution >= 0.6 is 0 Å². The Labute approximate surface area is 183 Å². The van der Waals surface area contributed by atoms with Crippen LogP contribution in [0, 0.1) is 29.1 Å². The number of aliphatic imine (C=N–C) groups is 1. The maximum absolute atomic E-state index is 8.94. The van der Waals surface area contributed by atoms with E-state index in [9.17, 15) is 0 Å². The van der Waals surface area contributed by atoms with Crippen molar-refractivity contribution < 1.29 is 4.42 Å². The zero-order valence-corrected chi connectivity index (χ0v) is 17.6. The van der Waals surface area contributed by atoms with Gasteiger partial charge in [-0.05, 0) is 116 Å². The summed E-state index contributed by atoms with van der Waals surface area (Å²) in [4.78, 5) is 4.64. The molecule has 3 heteroatoms. The fourth-order valence-corrected chi connectivity index (χ4v) is 6.79. The largest absolute Gasteiger partial charge is 0.455 e. The molecule has 1 heterocycles. The lowest BCUT2D eigenvalue weighted by molar-refractivity contribution is -0.00518. The molecular weight excluding hydrogens is 380 g/mol. The lowest BCUT2D eigenvalue weighted by Crippen LogP contribution is -2.48. The fourth-order valence-electron chi connectivity index (χ4n) is 6.79. The summed E-state index contributed by atoms with van der Waals surface area (Å²) < 4.78 is 5.92. The molecule has 7 rings (SSSR count). The third-order valence-corrected chi connectivity index (χ3v) is 7.78. The quantitative estimate of drug-likeness (QED) is 0.436. The number of rotatable bonds is 4. The van der Waals surface area contributed by atoms with Gasteiger partial charge in [0, 0.05) is 5.56 Å². The summed E-state index contributed by atoms with van der Waals surface area (Å²) in [7, 11) is 0. The molecule has 0 spiro atoms. The molecule has 3 nitrogen and oxygen atoms in total. The van der Waals surface area contributed by atoms with Crippen molar-refractivity contribution in [3.63, 3.8) is 0 Å². The van der Waals surface area contributed by atoms with Gasteiger partial charge in [-0.15, -0.1) is 0 Å². The Balaban J connectivity index is 1.17. The van der Waals surface area contributed by atoms with Crippen molar-refractivity contribution in [1.29, 1.82) is 5.26 Å². The predicted octanol–water partition coefficient (Wildman–Crippen LogP) is 7.04. The van der Waals surface area contributed by atoms with Gasteiger partial charge in [0.05, 0.1) is 23.5 Å². The smallest absolute Gasteiger partial charge is 0.145 e. The van der Waals surface area contributed by atoms with Crippen LogP contribution in [0.1, 0.15) is 55.4 Å². The summed E-state index contributed by atoms with van der Waals surface area (Å²) in [5.41, 5.74) is 4.54. The highest BCUT2D eigenvalue weighted by Gasteiger charge is 2.51. The summed E-state index contributed by atoms with van der Waals surface area (Å²) in [6, 6.07) is 22.4. The van der Waals surface area contributed by atoms with Crippen LogP contribution in [0.5, 0.6) is 0 Å². The van der Waals surface area contributed by atoms with Crippen molar-refractivity contribution >= 4 is 11.9 Å². The Morgan fingerprint density at radius 2 is 1.48 bits per heavy atom. The molecule has 4 bridgehead atoms. The average Bonchev–Trinajstić information content (AvgIpc) is 3.26. The lowest BCUT2D eigenvalue weighted by atomic mass is 9.48. The second-order valence-electron chi connectivity index (χ2n) is 9.89. The molecule has 2 aromatic carbocycles. The molecule has 3 aromatic rings. The first-order valence-corrected chi connectivity index (χ1v) is 11.4. The summed E-state index contributed by atoms with van der Waals surface area (Å²) >= 11 is 0. The first kappa shape index (κ1) is 18.6. The minimum absolute atomic E-state index is 0.438. The molecule has 0 atom stereocenters. The normalized spacial score (nSPS) is 28.8. The number of nitrogens with zero attached hydrogens (tertiary/aromatic N) is 2. The van der Waals surface area contributed by atoms with Gasteiger partial charge in [0.15, 0.2) is 0 Å². The Morgan fingerprint density at radius 1 is 0.839 bits per heavy atom. The van der Waals surface area contributed by atoms with E-state index in [1.165, 1.54) is 44.1 Å². The van der Waals surface area contributed by atoms with E-state index in [2.05, 4.69) is 35.3 Å². The number of hydrogen-bond acceptors (Lipinski definition) is 3. The standard InChI is InChI=1S/C28H26N2O/c29-17-19-1-3-23(4-2-19)27-10-9-26(31-27)18-30-25-7-5-24(6-8-25)28-14-20-11-21(15-28)13-22(12-20)16-28/h1-10,18,20-22H,11-16H2. The zero-order valence-electron chi connectivity index (χ0n) is 17.6. The number of furan rings is 1. The van der Waals surface area contributed by atoms with E-state index < -0.39 is 0 Å². The second-order valence-corrected chi connectivity index (χ2v) is 9.89. The Bertz CT molecular complexity index is 1130. The van der Waals surface area contributed by atoms with Crippen molar-refractivity contribution in [2.24, 2.45) is 22.7 Å². The van der Waals surface area contributed by atoms with E-state index in [0.29, 0.717) is 11.0 Å². The number of hydrogen-bond donors (Lipinski definition) is 0. The van der Waals surface area contributed by atoms with Gasteiger partial charge in [-0.1, -0.05) is 12.1 Å². The molecule has 154 valence electrons. The fraction of sp³-hybridized carbons (Fsp3) is 0.357. The monoisotopic (exact) mass is 406 g/mol. The van der Waals surface area contributed by atoms with Gasteiger partial charge in [0.2, 0.25) is 0 Å². The van der Waals surface area contributed by atoms with Gasteiger partial charge in [-0.2, -0.15) is 5.26 Å². The highest BCUT2D eigenvalue weighted by Crippen LogP contribution is 2.60. The summed E-state index contributed by atoms with van der Waals surface area (Å²) in [6.45, 7) is 0. The van der Waals surface area contributed by atoms with Crippen LogP contribution in [-0.2, 0) is 5.41 Å². The van der Waals surface area contributed by atoms with E-state index in [1.54, 1.807) is 18.3 Å². The van der Waals surface area contributed by atoms with Crippen LogP contribution in [0.3, 0.4) is 0 Å².